The Bertz CT molecular complexity index is 944. The molecule has 170 valence electrons. The molecule has 1 saturated heterocycles. The third kappa shape index (κ3) is 6.07. The highest BCUT2D eigenvalue weighted by Gasteiger charge is 2.25. The van der Waals surface area contributed by atoms with Crippen LogP contribution in [0.4, 0.5) is 5.82 Å². The second-order valence-electron chi connectivity index (χ2n) is 8.72. The number of hydrogen-bond acceptors (Lipinski definition) is 4. The van der Waals surface area contributed by atoms with Crippen LogP contribution in [0.2, 0.25) is 0 Å². The normalized spacial score (nSPS) is 16.2. The molecule has 4 rings (SSSR count). The molecule has 0 bridgehead atoms. The van der Waals surface area contributed by atoms with Crippen molar-refractivity contribution in [2.24, 2.45) is 0 Å². The van der Waals surface area contributed by atoms with Gasteiger partial charge in [0.05, 0.1) is 12.2 Å². The molecule has 0 unspecified atom stereocenters. The Balaban J connectivity index is 1.21. The predicted molar refractivity (Wildman–Crippen MR) is 126 cm³/mol. The molecule has 7 heteroatoms. The molecule has 1 aliphatic heterocycles. The molecule has 32 heavy (non-hydrogen) atoms. The summed E-state index contributed by atoms with van der Waals surface area (Å²) in [5, 5.41) is 11.9. The van der Waals surface area contributed by atoms with Gasteiger partial charge in [-0.3, -0.25) is 9.48 Å². The molecule has 1 aromatic carbocycles. The van der Waals surface area contributed by atoms with Crippen molar-refractivity contribution in [3.05, 3.63) is 66.6 Å². The van der Waals surface area contributed by atoms with Crippen LogP contribution in [0.1, 0.15) is 50.6 Å². The summed E-state index contributed by atoms with van der Waals surface area (Å²) in [5.41, 5.74) is 1.27. The molecule has 1 fully saturated rings. The van der Waals surface area contributed by atoms with Crippen molar-refractivity contribution in [1.29, 1.82) is 0 Å². The Labute approximate surface area is 190 Å². The number of carbonyl (C=O) groups excluding carboxylic acids is 1. The maximum Gasteiger partial charge on any atom is 0.225 e. The number of hydrogen-bond donors (Lipinski definition) is 1. The third-order valence-corrected chi connectivity index (χ3v) is 6.45. The van der Waals surface area contributed by atoms with Crippen LogP contribution in [-0.4, -0.2) is 49.5 Å². The van der Waals surface area contributed by atoms with Crippen LogP contribution >= 0.6 is 0 Å². The average molecular weight is 435 g/mol. The van der Waals surface area contributed by atoms with Crippen LogP contribution in [0.3, 0.4) is 0 Å². The first kappa shape index (κ1) is 22.3. The quantitative estimate of drug-likeness (QED) is 0.520. The topological polar surface area (TPSA) is 68.0 Å². The van der Waals surface area contributed by atoms with E-state index in [1.54, 1.807) is 6.20 Å². The molecule has 3 heterocycles. The van der Waals surface area contributed by atoms with Gasteiger partial charge in [0.2, 0.25) is 5.91 Å². The van der Waals surface area contributed by atoms with Gasteiger partial charge in [-0.05, 0) is 50.7 Å². The molecular formula is C25H34N6O. The first-order valence-electron chi connectivity index (χ1n) is 11.8. The van der Waals surface area contributed by atoms with Crippen LogP contribution in [0, 0.1) is 0 Å². The van der Waals surface area contributed by atoms with E-state index >= 15 is 0 Å². The molecule has 0 saturated carbocycles. The average Bonchev–Trinajstić information content (AvgIpc) is 3.50. The van der Waals surface area contributed by atoms with Crippen LogP contribution in [0.5, 0.6) is 0 Å². The number of nitrogens with one attached hydrogen (secondary N) is 1. The predicted octanol–water partition coefficient (Wildman–Crippen LogP) is 4.16. The SMILES string of the molecule is C[C@@H](CCn1cccn1)N1CCC(n2nccc2NC(=O)CCCc2ccccc2)CC1. The molecule has 0 radical (unpaired) electrons. The Morgan fingerprint density at radius 1 is 1.09 bits per heavy atom. The summed E-state index contributed by atoms with van der Waals surface area (Å²) in [4.78, 5) is 15.0. The number of aromatic nitrogens is 4. The zero-order valence-corrected chi connectivity index (χ0v) is 18.9. The van der Waals surface area contributed by atoms with Gasteiger partial charge in [-0.1, -0.05) is 30.3 Å². The Hall–Kier alpha value is -2.93. The fourth-order valence-electron chi connectivity index (χ4n) is 4.51. The van der Waals surface area contributed by atoms with Gasteiger partial charge in [0.25, 0.3) is 0 Å². The van der Waals surface area contributed by atoms with E-state index < -0.39 is 0 Å². The second kappa shape index (κ2) is 11.1. The lowest BCUT2D eigenvalue weighted by molar-refractivity contribution is -0.116. The Morgan fingerprint density at radius 2 is 1.91 bits per heavy atom. The smallest absolute Gasteiger partial charge is 0.225 e. The van der Waals surface area contributed by atoms with Crippen molar-refractivity contribution in [2.75, 3.05) is 18.4 Å². The van der Waals surface area contributed by atoms with Crippen molar-refractivity contribution in [1.82, 2.24) is 24.5 Å². The first-order chi connectivity index (χ1) is 15.7. The van der Waals surface area contributed by atoms with Crippen molar-refractivity contribution in [2.45, 2.75) is 64.1 Å². The molecule has 2 aromatic heterocycles. The van der Waals surface area contributed by atoms with E-state index in [1.807, 2.05) is 52.1 Å². The molecule has 1 aliphatic rings. The maximum absolute atomic E-state index is 12.5. The van der Waals surface area contributed by atoms with Gasteiger partial charge >= 0.3 is 0 Å². The number of piperidine rings is 1. The highest BCUT2D eigenvalue weighted by atomic mass is 16.1. The highest BCUT2D eigenvalue weighted by molar-refractivity contribution is 5.89. The molecule has 0 aliphatic carbocycles. The summed E-state index contributed by atoms with van der Waals surface area (Å²) < 4.78 is 4.02. The molecular weight excluding hydrogens is 400 g/mol. The van der Waals surface area contributed by atoms with Gasteiger partial charge in [0.1, 0.15) is 5.82 Å². The number of benzene rings is 1. The lowest BCUT2D eigenvalue weighted by Crippen LogP contribution is -2.41. The van der Waals surface area contributed by atoms with Crippen LogP contribution in [0.15, 0.2) is 61.1 Å². The van der Waals surface area contributed by atoms with Gasteiger partial charge in [-0.15, -0.1) is 0 Å². The lowest BCUT2D eigenvalue weighted by atomic mass is 10.0. The molecule has 7 nitrogen and oxygen atoms in total. The van der Waals surface area contributed by atoms with E-state index in [1.165, 1.54) is 5.56 Å². The number of anilines is 1. The fraction of sp³-hybridized carbons (Fsp3) is 0.480. The van der Waals surface area contributed by atoms with E-state index in [0.717, 1.165) is 57.6 Å². The van der Waals surface area contributed by atoms with Gasteiger partial charge < -0.3 is 10.2 Å². The standard InChI is InChI=1S/C25H34N6O/c1-21(12-20-30-17-6-15-26-30)29-18-13-23(14-19-29)31-24(11-16-27-31)28-25(32)10-5-9-22-7-3-2-4-8-22/h2-4,6-8,11,15-17,21,23H,5,9-10,12-14,18-20H2,1H3,(H,28,32)/t21-/m0/s1. The van der Waals surface area contributed by atoms with E-state index in [2.05, 4.69) is 39.5 Å². The minimum absolute atomic E-state index is 0.0624. The van der Waals surface area contributed by atoms with Crippen LogP contribution < -0.4 is 5.32 Å². The summed E-state index contributed by atoms with van der Waals surface area (Å²) in [6.07, 6.45) is 11.1. The number of rotatable bonds is 10. The minimum atomic E-state index is 0.0624. The summed E-state index contributed by atoms with van der Waals surface area (Å²) in [6, 6.07) is 15.1. The van der Waals surface area contributed by atoms with E-state index in [9.17, 15) is 4.79 Å². The summed E-state index contributed by atoms with van der Waals surface area (Å²) >= 11 is 0. The molecule has 0 spiro atoms. The van der Waals surface area contributed by atoms with Crippen LogP contribution in [-0.2, 0) is 17.8 Å². The maximum atomic E-state index is 12.5. The summed E-state index contributed by atoms with van der Waals surface area (Å²) in [7, 11) is 0. The second-order valence-corrected chi connectivity index (χ2v) is 8.72. The first-order valence-corrected chi connectivity index (χ1v) is 11.8. The van der Waals surface area contributed by atoms with Gasteiger partial charge in [0, 0.05) is 50.6 Å². The number of carbonyl (C=O) groups is 1. The lowest BCUT2D eigenvalue weighted by Gasteiger charge is -2.36. The minimum Gasteiger partial charge on any atom is -0.311 e. The van der Waals surface area contributed by atoms with Crippen molar-refractivity contribution >= 4 is 11.7 Å². The zero-order chi connectivity index (χ0) is 22.2. The molecule has 3 aromatic rings. The zero-order valence-electron chi connectivity index (χ0n) is 18.9. The van der Waals surface area contributed by atoms with Crippen LogP contribution in [0.25, 0.3) is 0 Å². The number of nitrogens with zero attached hydrogens (tertiary/aromatic N) is 5. The molecule has 1 N–H and O–H groups in total. The van der Waals surface area contributed by atoms with Gasteiger partial charge in [-0.2, -0.15) is 10.2 Å². The Morgan fingerprint density at radius 3 is 2.66 bits per heavy atom. The van der Waals surface area contributed by atoms with Crippen molar-refractivity contribution < 1.29 is 4.79 Å². The fourth-order valence-corrected chi connectivity index (χ4v) is 4.51. The van der Waals surface area contributed by atoms with Gasteiger partial charge in [0.15, 0.2) is 0 Å². The van der Waals surface area contributed by atoms with E-state index in [4.69, 9.17) is 0 Å². The third-order valence-electron chi connectivity index (χ3n) is 6.45. The van der Waals surface area contributed by atoms with Gasteiger partial charge in [-0.25, -0.2) is 4.68 Å². The number of aryl methyl sites for hydroxylation is 2. The van der Waals surface area contributed by atoms with E-state index in [0.29, 0.717) is 18.5 Å². The van der Waals surface area contributed by atoms with Crippen molar-refractivity contribution in [3.8, 4) is 0 Å². The monoisotopic (exact) mass is 434 g/mol. The summed E-state index contributed by atoms with van der Waals surface area (Å²) in [5.74, 6) is 0.882. The van der Waals surface area contributed by atoms with Crippen molar-refractivity contribution in [3.63, 3.8) is 0 Å². The summed E-state index contributed by atoms with van der Waals surface area (Å²) in [6.45, 7) is 5.36. The van der Waals surface area contributed by atoms with E-state index in [-0.39, 0.29) is 5.91 Å². The largest absolute Gasteiger partial charge is 0.311 e. The molecule has 1 atom stereocenters. The number of likely N-dealkylation sites (tertiary alicyclic amines) is 1. The molecule has 1 amide bonds. The number of amides is 1. The highest BCUT2D eigenvalue weighted by Crippen LogP contribution is 2.27. The Kier molecular flexibility index (Phi) is 7.72.